The molecule has 8 heteroatoms. The molecule has 5 nitrogen and oxygen atoms in total. The Morgan fingerprint density at radius 3 is 2.81 bits per heavy atom. The summed E-state index contributed by atoms with van der Waals surface area (Å²) in [6.45, 7) is 2.03. The molecule has 0 spiro atoms. The van der Waals surface area contributed by atoms with Gasteiger partial charge in [0, 0.05) is 37.1 Å². The number of anilines is 2. The second-order valence-corrected chi connectivity index (χ2v) is 6.81. The Morgan fingerprint density at radius 2 is 2.11 bits per heavy atom. The Labute approximate surface area is 161 Å². The maximum atomic E-state index is 13.4. The zero-order valence-electron chi connectivity index (χ0n) is 14.9. The van der Waals surface area contributed by atoms with Crippen LogP contribution >= 0.6 is 11.6 Å². The van der Waals surface area contributed by atoms with Gasteiger partial charge in [-0.05, 0) is 42.7 Å². The van der Waals surface area contributed by atoms with Crippen molar-refractivity contribution in [1.82, 2.24) is 0 Å². The number of methoxy groups -OCH3 is 1. The highest BCUT2D eigenvalue weighted by atomic mass is 35.5. The van der Waals surface area contributed by atoms with Gasteiger partial charge in [-0.1, -0.05) is 11.6 Å². The van der Waals surface area contributed by atoms with Crippen LogP contribution in [0.1, 0.15) is 6.42 Å². The van der Waals surface area contributed by atoms with Crippen molar-refractivity contribution in [3.63, 3.8) is 0 Å². The van der Waals surface area contributed by atoms with E-state index in [1.165, 1.54) is 6.07 Å². The number of hydrogen-bond donors (Lipinski definition) is 2. The van der Waals surface area contributed by atoms with Crippen molar-refractivity contribution in [2.75, 3.05) is 37.0 Å². The second-order valence-electron chi connectivity index (χ2n) is 6.40. The van der Waals surface area contributed by atoms with Crippen LogP contribution in [0.3, 0.4) is 0 Å². The monoisotopic (exact) mass is 394 g/mol. The van der Waals surface area contributed by atoms with Gasteiger partial charge in [0.2, 0.25) is 0 Å². The first-order valence-electron chi connectivity index (χ1n) is 8.56. The van der Waals surface area contributed by atoms with Crippen molar-refractivity contribution >= 4 is 28.9 Å². The summed E-state index contributed by atoms with van der Waals surface area (Å²) in [5, 5.41) is 3.48. The van der Waals surface area contributed by atoms with Crippen LogP contribution < -0.4 is 20.7 Å². The maximum absolute atomic E-state index is 13.4. The number of aliphatic imine (C=N–C) groups is 1. The lowest BCUT2D eigenvalue weighted by Gasteiger charge is -2.18. The summed E-state index contributed by atoms with van der Waals surface area (Å²) in [5.41, 5.74) is 7.35. The third-order valence-corrected chi connectivity index (χ3v) is 4.79. The van der Waals surface area contributed by atoms with Crippen LogP contribution in [0.15, 0.2) is 41.4 Å². The normalized spacial score (nSPS) is 17.3. The molecule has 0 bridgehead atoms. The molecule has 2 aromatic rings. The zero-order chi connectivity index (χ0) is 19.4. The molecule has 0 saturated carbocycles. The Morgan fingerprint density at radius 1 is 1.30 bits per heavy atom. The van der Waals surface area contributed by atoms with Crippen molar-refractivity contribution in [1.29, 1.82) is 0 Å². The number of hydrogen-bond acceptors (Lipinski definition) is 3. The molecular formula is C19H21ClF2N4O. The number of nitrogens with one attached hydrogen (secondary N) is 1. The molecule has 2 aromatic carbocycles. The Balaban J connectivity index is 1.55. The van der Waals surface area contributed by atoms with Crippen LogP contribution in [0.4, 0.5) is 20.2 Å². The molecule has 0 aromatic heterocycles. The van der Waals surface area contributed by atoms with Crippen LogP contribution in [0.2, 0.25) is 5.02 Å². The number of ether oxygens (including phenoxy) is 1. The molecule has 1 unspecified atom stereocenters. The van der Waals surface area contributed by atoms with Gasteiger partial charge in [0.25, 0.3) is 0 Å². The van der Waals surface area contributed by atoms with Crippen LogP contribution in [0, 0.1) is 17.6 Å². The predicted octanol–water partition coefficient (Wildman–Crippen LogP) is 3.88. The van der Waals surface area contributed by atoms with E-state index < -0.39 is 11.6 Å². The minimum absolute atomic E-state index is 0.290. The number of nitrogens with two attached hydrogens (primary N) is 1. The van der Waals surface area contributed by atoms with E-state index in [0.29, 0.717) is 29.0 Å². The second kappa shape index (κ2) is 8.43. The molecule has 1 aliphatic rings. The number of nitrogens with zero attached hydrogens (tertiary/aromatic N) is 2. The van der Waals surface area contributed by atoms with Crippen molar-refractivity contribution in [2.24, 2.45) is 16.6 Å². The molecule has 0 aliphatic carbocycles. The van der Waals surface area contributed by atoms with E-state index in [0.717, 1.165) is 31.3 Å². The summed E-state index contributed by atoms with van der Waals surface area (Å²) in [6, 6.07) is 9.22. The SMILES string of the molecule is COc1ccc(NC(N)=NCC2CCN(c3ccc(F)c(F)c3)C2)cc1Cl. The number of halogens is 3. The average molecular weight is 395 g/mol. The summed E-state index contributed by atoms with van der Waals surface area (Å²) in [6.07, 6.45) is 0.907. The summed E-state index contributed by atoms with van der Waals surface area (Å²) < 4.78 is 31.6. The van der Waals surface area contributed by atoms with Gasteiger partial charge in [-0.2, -0.15) is 0 Å². The fraction of sp³-hybridized carbons (Fsp3) is 0.316. The Hall–Kier alpha value is -2.54. The lowest BCUT2D eigenvalue weighted by atomic mass is 10.1. The lowest BCUT2D eigenvalue weighted by molar-refractivity contribution is 0.415. The largest absolute Gasteiger partial charge is 0.495 e. The van der Waals surface area contributed by atoms with E-state index in [1.54, 1.807) is 31.4 Å². The quantitative estimate of drug-likeness (QED) is 0.596. The fourth-order valence-electron chi connectivity index (χ4n) is 3.06. The van der Waals surface area contributed by atoms with Gasteiger partial charge in [0.15, 0.2) is 17.6 Å². The molecule has 27 heavy (non-hydrogen) atoms. The molecule has 1 atom stereocenters. The smallest absolute Gasteiger partial charge is 0.193 e. The first-order valence-corrected chi connectivity index (χ1v) is 8.94. The van der Waals surface area contributed by atoms with E-state index in [2.05, 4.69) is 10.3 Å². The van der Waals surface area contributed by atoms with Crippen LogP contribution in [0.5, 0.6) is 5.75 Å². The minimum Gasteiger partial charge on any atom is -0.495 e. The van der Waals surface area contributed by atoms with E-state index in [9.17, 15) is 8.78 Å². The summed E-state index contributed by atoms with van der Waals surface area (Å²) in [4.78, 5) is 6.41. The predicted molar refractivity (Wildman–Crippen MR) is 105 cm³/mol. The summed E-state index contributed by atoms with van der Waals surface area (Å²) >= 11 is 6.09. The first kappa shape index (κ1) is 19.2. The van der Waals surface area contributed by atoms with Gasteiger partial charge in [-0.3, -0.25) is 4.99 Å². The van der Waals surface area contributed by atoms with Gasteiger partial charge < -0.3 is 20.7 Å². The van der Waals surface area contributed by atoms with E-state index in [1.807, 2.05) is 4.90 Å². The Kier molecular flexibility index (Phi) is 6.01. The Bertz CT molecular complexity index is 846. The molecule has 144 valence electrons. The number of rotatable bonds is 5. The van der Waals surface area contributed by atoms with Crippen LogP contribution in [-0.4, -0.2) is 32.7 Å². The van der Waals surface area contributed by atoms with E-state index in [-0.39, 0.29) is 5.92 Å². The van der Waals surface area contributed by atoms with Gasteiger partial charge in [-0.15, -0.1) is 0 Å². The number of guanidine groups is 1. The number of benzene rings is 2. The molecule has 1 aliphatic heterocycles. The highest BCUT2D eigenvalue weighted by Crippen LogP contribution is 2.27. The van der Waals surface area contributed by atoms with Gasteiger partial charge >= 0.3 is 0 Å². The lowest BCUT2D eigenvalue weighted by Crippen LogP contribution is -2.25. The minimum atomic E-state index is -0.836. The molecule has 3 N–H and O–H groups in total. The van der Waals surface area contributed by atoms with Crippen molar-refractivity contribution in [3.8, 4) is 5.75 Å². The molecule has 3 rings (SSSR count). The summed E-state index contributed by atoms with van der Waals surface area (Å²) in [7, 11) is 1.55. The zero-order valence-corrected chi connectivity index (χ0v) is 15.6. The maximum Gasteiger partial charge on any atom is 0.193 e. The topological polar surface area (TPSA) is 62.9 Å². The van der Waals surface area contributed by atoms with E-state index in [4.69, 9.17) is 22.1 Å². The molecule has 0 amide bonds. The summed E-state index contributed by atoms with van der Waals surface area (Å²) in [5.74, 6) is -0.501. The fourth-order valence-corrected chi connectivity index (χ4v) is 3.31. The standard InChI is InChI=1S/C19H21ClF2N4O/c1-27-18-5-2-13(8-15(18)20)25-19(23)24-10-12-6-7-26(11-12)14-3-4-16(21)17(22)9-14/h2-5,8-9,12H,6-7,10-11H2,1H3,(H3,23,24,25). The van der Waals surface area contributed by atoms with Crippen LogP contribution in [0.25, 0.3) is 0 Å². The molecule has 1 fully saturated rings. The molecule has 1 saturated heterocycles. The highest BCUT2D eigenvalue weighted by Gasteiger charge is 2.23. The third-order valence-electron chi connectivity index (χ3n) is 4.50. The average Bonchev–Trinajstić information content (AvgIpc) is 3.11. The van der Waals surface area contributed by atoms with Gasteiger partial charge in [-0.25, -0.2) is 8.78 Å². The van der Waals surface area contributed by atoms with Gasteiger partial charge in [0.05, 0.1) is 12.1 Å². The van der Waals surface area contributed by atoms with Crippen molar-refractivity contribution in [2.45, 2.75) is 6.42 Å². The third kappa shape index (κ3) is 4.80. The first-order chi connectivity index (χ1) is 13.0. The van der Waals surface area contributed by atoms with Crippen LogP contribution in [-0.2, 0) is 0 Å². The molecule has 1 heterocycles. The molecule has 0 radical (unpaired) electrons. The van der Waals surface area contributed by atoms with Crippen molar-refractivity contribution in [3.05, 3.63) is 53.1 Å². The van der Waals surface area contributed by atoms with E-state index >= 15 is 0 Å². The molecular weight excluding hydrogens is 374 g/mol. The highest BCUT2D eigenvalue weighted by molar-refractivity contribution is 6.32. The van der Waals surface area contributed by atoms with Crippen molar-refractivity contribution < 1.29 is 13.5 Å². The van der Waals surface area contributed by atoms with Gasteiger partial charge in [0.1, 0.15) is 5.75 Å².